The van der Waals surface area contributed by atoms with Crippen molar-refractivity contribution in [2.75, 3.05) is 10.6 Å². The Morgan fingerprint density at radius 2 is 1.32 bits per heavy atom. The molecule has 0 radical (unpaired) electrons. The van der Waals surface area contributed by atoms with E-state index >= 15 is 0 Å². The average Bonchev–Trinajstić information content (AvgIpc) is 2.83. The molecule has 6 nitrogen and oxygen atoms in total. The number of ether oxygens (including phenoxy) is 2. The van der Waals surface area contributed by atoms with Gasteiger partial charge in [-0.3, -0.25) is 9.59 Å². The fourth-order valence-electron chi connectivity index (χ4n) is 3.09. The molecule has 0 aliphatic rings. The smallest absolute Gasteiger partial charge is 0.418 e. The summed E-state index contributed by atoms with van der Waals surface area (Å²) in [5, 5.41) is 6.11. The largest absolute Gasteiger partial charge is 0.461 e. The number of anilines is 2. The second kappa shape index (κ2) is 17.3. The highest BCUT2D eigenvalue weighted by atomic mass is 19.4. The van der Waals surface area contributed by atoms with E-state index in [0.29, 0.717) is 18.2 Å². The second-order valence-electron chi connectivity index (χ2n) is 8.92. The minimum atomic E-state index is -4.46. The van der Waals surface area contributed by atoms with E-state index in [1.165, 1.54) is 24.6 Å². The molecule has 2 aromatic rings. The third-order valence-electron chi connectivity index (χ3n) is 4.70. The zero-order valence-electron chi connectivity index (χ0n) is 24.0. The molecule has 0 saturated heterocycles. The maximum Gasteiger partial charge on any atom is 0.418 e. The molecule has 2 rings (SSSR count). The lowest BCUT2D eigenvalue weighted by molar-refractivity contribution is -0.144. The van der Waals surface area contributed by atoms with Crippen LogP contribution in [0.4, 0.5) is 24.5 Å². The van der Waals surface area contributed by atoms with Crippen molar-refractivity contribution < 1.29 is 32.2 Å². The van der Waals surface area contributed by atoms with Crippen molar-refractivity contribution in [2.45, 2.75) is 100 Å². The normalized spacial score (nSPS) is 10.6. The molecule has 0 aromatic heterocycles. The average molecular weight is 541 g/mol. The molecule has 0 bridgehead atoms. The van der Waals surface area contributed by atoms with Gasteiger partial charge < -0.3 is 20.1 Å². The summed E-state index contributed by atoms with van der Waals surface area (Å²) >= 11 is 0. The summed E-state index contributed by atoms with van der Waals surface area (Å²) in [6.45, 7) is 17.0. The summed E-state index contributed by atoms with van der Waals surface area (Å²) in [4.78, 5) is 21.7. The van der Waals surface area contributed by atoms with Crippen molar-refractivity contribution in [3.63, 3.8) is 0 Å². The van der Waals surface area contributed by atoms with Crippen LogP contribution in [-0.2, 0) is 38.5 Å². The van der Waals surface area contributed by atoms with Crippen LogP contribution >= 0.6 is 0 Å². The number of rotatable bonds is 9. The molecule has 0 fully saturated rings. The van der Waals surface area contributed by atoms with Crippen LogP contribution in [0.25, 0.3) is 0 Å². The van der Waals surface area contributed by atoms with Crippen LogP contribution in [0.5, 0.6) is 0 Å². The van der Waals surface area contributed by atoms with Crippen LogP contribution in [0.2, 0.25) is 0 Å². The second-order valence-corrected chi connectivity index (χ2v) is 8.92. The number of alkyl halides is 3. The number of hydrogen-bond acceptors (Lipinski definition) is 6. The molecule has 0 heterocycles. The van der Waals surface area contributed by atoms with Gasteiger partial charge in [0.05, 0.1) is 5.56 Å². The molecular weight excluding hydrogens is 497 g/mol. The molecule has 38 heavy (non-hydrogen) atoms. The SMILES string of the molecule is CC.CC(=O)OCc1ccc(NC(C)C)c(C)c1.CCC(=O)OCc1ccc(NC(C)C)c(C(F)(F)F)c1. The lowest BCUT2D eigenvalue weighted by atomic mass is 10.1. The summed E-state index contributed by atoms with van der Waals surface area (Å²) in [6, 6.07) is 10.2. The first-order valence-electron chi connectivity index (χ1n) is 12.8. The Labute approximate surface area is 225 Å². The van der Waals surface area contributed by atoms with Crippen LogP contribution < -0.4 is 10.6 Å². The van der Waals surface area contributed by atoms with E-state index in [-0.39, 0.29) is 30.7 Å². The van der Waals surface area contributed by atoms with Crippen molar-refractivity contribution in [3.8, 4) is 0 Å². The molecule has 0 aliphatic heterocycles. The summed E-state index contributed by atoms with van der Waals surface area (Å²) in [5.74, 6) is -0.690. The van der Waals surface area contributed by atoms with Crippen molar-refractivity contribution in [1.82, 2.24) is 0 Å². The van der Waals surface area contributed by atoms with Gasteiger partial charge >= 0.3 is 18.1 Å². The number of aryl methyl sites for hydroxylation is 1. The molecule has 0 unspecified atom stereocenters. The Balaban J connectivity index is 0.000000690. The van der Waals surface area contributed by atoms with Crippen LogP contribution in [-0.4, -0.2) is 24.0 Å². The van der Waals surface area contributed by atoms with Crippen molar-refractivity contribution >= 4 is 23.3 Å². The zero-order valence-corrected chi connectivity index (χ0v) is 24.0. The highest BCUT2D eigenvalue weighted by molar-refractivity contribution is 5.69. The maximum absolute atomic E-state index is 13.0. The van der Waals surface area contributed by atoms with Gasteiger partial charge in [0.25, 0.3) is 0 Å². The Bertz CT molecular complexity index is 1010. The third-order valence-corrected chi connectivity index (χ3v) is 4.70. The lowest BCUT2D eigenvalue weighted by Gasteiger charge is -2.18. The van der Waals surface area contributed by atoms with E-state index in [2.05, 4.69) is 24.5 Å². The van der Waals surface area contributed by atoms with Gasteiger partial charge in [-0.2, -0.15) is 13.2 Å². The number of carbonyl (C=O) groups excluding carboxylic acids is 2. The van der Waals surface area contributed by atoms with E-state index in [4.69, 9.17) is 9.47 Å². The number of benzene rings is 2. The quantitative estimate of drug-likeness (QED) is 0.315. The van der Waals surface area contributed by atoms with Gasteiger partial charge in [-0.15, -0.1) is 0 Å². The van der Waals surface area contributed by atoms with Gasteiger partial charge in [-0.25, -0.2) is 0 Å². The van der Waals surface area contributed by atoms with Gasteiger partial charge in [0.15, 0.2) is 0 Å². The summed E-state index contributed by atoms with van der Waals surface area (Å²) < 4.78 is 48.8. The molecule has 0 saturated carbocycles. The Morgan fingerprint density at radius 3 is 1.76 bits per heavy atom. The Hall–Kier alpha value is -3.23. The highest BCUT2D eigenvalue weighted by Gasteiger charge is 2.34. The summed E-state index contributed by atoms with van der Waals surface area (Å²) in [6.07, 6.45) is -4.26. The van der Waals surface area contributed by atoms with Crippen LogP contribution in [0.1, 0.15) is 84.1 Å². The minimum Gasteiger partial charge on any atom is -0.461 e. The molecule has 0 atom stereocenters. The van der Waals surface area contributed by atoms with Crippen molar-refractivity contribution in [2.24, 2.45) is 0 Å². The number of hydrogen-bond donors (Lipinski definition) is 2. The standard InChI is InChI=1S/C14H18F3NO2.C13H19NO2.C2H6/c1-4-13(19)20-8-10-5-6-12(18-9(2)3)11(7-10)14(15,16)17;1-9(2)14-13-6-5-12(7-10(13)3)8-16-11(4)15;1-2/h5-7,9,18H,4,8H2,1-3H3;5-7,9,14H,8H2,1-4H3;1-2H3. The molecular formula is C29H43F3N2O4. The fraction of sp³-hybridized carbons (Fsp3) is 0.517. The maximum atomic E-state index is 13.0. The van der Waals surface area contributed by atoms with Gasteiger partial charge in [-0.05, 0) is 69.5 Å². The summed E-state index contributed by atoms with van der Waals surface area (Å²) in [7, 11) is 0. The Morgan fingerprint density at radius 1 is 0.842 bits per heavy atom. The Kier molecular flexibility index (Phi) is 15.8. The van der Waals surface area contributed by atoms with E-state index in [0.717, 1.165) is 17.3 Å². The molecule has 0 aliphatic carbocycles. The van der Waals surface area contributed by atoms with E-state index in [1.807, 2.05) is 39.0 Å². The topological polar surface area (TPSA) is 76.7 Å². The molecule has 2 N–H and O–H groups in total. The van der Waals surface area contributed by atoms with E-state index < -0.39 is 17.7 Å². The van der Waals surface area contributed by atoms with Crippen molar-refractivity contribution in [3.05, 3.63) is 58.7 Å². The van der Waals surface area contributed by atoms with E-state index in [1.54, 1.807) is 20.8 Å². The number of nitrogens with one attached hydrogen (secondary N) is 2. The first-order valence-corrected chi connectivity index (χ1v) is 12.8. The molecule has 0 spiro atoms. The predicted octanol–water partition coefficient (Wildman–Crippen LogP) is 7.88. The summed E-state index contributed by atoms with van der Waals surface area (Å²) in [5.41, 5.74) is 2.89. The number of halogens is 3. The van der Waals surface area contributed by atoms with Gasteiger partial charge in [0.1, 0.15) is 13.2 Å². The number of esters is 2. The highest BCUT2D eigenvalue weighted by Crippen LogP contribution is 2.36. The molecule has 2 aromatic carbocycles. The van der Waals surface area contributed by atoms with Gasteiger partial charge in [0.2, 0.25) is 0 Å². The minimum absolute atomic E-state index is 0.0260. The molecule has 0 amide bonds. The fourth-order valence-corrected chi connectivity index (χ4v) is 3.09. The third kappa shape index (κ3) is 13.9. The monoisotopic (exact) mass is 540 g/mol. The van der Waals surface area contributed by atoms with E-state index in [9.17, 15) is 22.8 Å². The lowest BCUT2D eigenvalue weighted by Crippen LogP contribution is -2.16. The predicted molar refractivity (Wildman–Crippen MR) is 147 cm³/mol. The zero-order chi connectivity index (χ0) is 29.5. The molecule has 9 heteroatoms. The first kappa shape index (κ1) is 34.8. The molecule has 214 valence electrons. The van der Waals surface area contributed by atoms with Crippen LogP contribution in [0.3, 0.4) is 0 Å². The van der Waals surface area contributed by atoms with Crippen LogP contribution in [0, 0.1) is 6.92 Å². The van der Waals surface area contributed by atoms with Crippen LogP contribution in [0.15, 0.2) is 36.4 Å². The van der Waals surface area contributed by atoms with Gasteiger partial charge in [-0.1, -0.05) is 39.0 Å². The first-order chi connectivity index (χ1) is 17.7. The number of carbonyl (C=O) groups is 2. The van der Waals surface area contributed by atoms with Crippen molar-refractivity contribution in [1.29, 1.82) is 0 Å². The van der Waals surface area contributed by atoms with Gasteiger partial charge in [0, 0.05) is 36.8 Å².